The molecule has 1 aromatic rings. The van der Waals surface area contributed by atoms with E-state index >= 15 is 0 Å². The Morgan fingerprint density at radius 3 is 2.62 bits per heavy atom. The number of phenols is 1. The molecule has 0 atom stereocenters. The quantitative estimate of drug-likeness (QED) is 0.603. The summed E-state index contributed by atoms with van der Waals surface area (Å²) in [6.45, 7) is 1.56. The minimum absolute atomic E-state index is 0.181. The van der Waals surface area contributed by atoms with Gasteiger partial charge >= 0.3 is 5.97 Å². The summed E-state index contributed by atoms with van der Waals surface area (Å²) in [5, 5.41) is 17.8. The van der Waals surface area contributed by atoms with E-state index < -0.39 is 5.97 Å². The Morgan fingerprint density at radius 2 is 2.15 bits per heavy atom. The highest BCUT2D eigenvalue weighted by atomic mass is 35.5. The number of hydrogen-bond acceptors (Lipinski definition) is 3. The zero-order valence-electron chi connectivity index (χ0n) is 6.84. The van der Waals surface area contributed by atoms with E-state index in [1.807, 2.05) is 0 Å². The second-order valence-corrected chi connectivity index (χ2v) is 2.98. The van der Waals surface area contributed by atoms with Crippen molar-refractivity contribution in [1.29, 1.82) is 0 Å². The van der Waals surface area contributed by atoms with E-state index in [4.69, 9.17) is 22.4 Å². The number of benzene rings is 1. The summed E-state index contributed by atoms with van der Waals surface area (Å²) >= 11 is 5.58. The van der Waals surface area contributed by atoms with Gasteiger partial charge in [0, 0.05) is 11.3 Å². The molecule has 0 aliphatic carbocycles. The highest BCUT2D eigenvalue weighted by Crippen LogP contribution is 2.34. The lowest BCUT2D eigenvalue weighted by atomic mass is 10.1. The Balaban J connectivity index is 3.50. The summed E-state index contributed by atoms with van der Waals surface area (Å²) in [7, 11) is 0. The predicted octanol–water partition coefficient (Wildman–Crippen LogP) is 1.63. The van der Waals surface area contributed by atoms with Gasteiger partial charge in [-0.3, -0.25) is 0 Å². The molecule has 5 heteroatoms. The van der Waals surface area contributed by atoms with Crippen LogP contribution in [0, 0.1) is 6.92 Å². The first kappa shape index (κ1) is 9.67. The molecule has 0 aliphatic heterocycles. The molecule has 0 saturated heterocycles. The molecule has 0 bridgehead atoms. The molecule has 0 aromatic heterocycles. The van der Waals surface area contributed by atoms with Crippen molar-refractivity contribution in [3.63, 3.8) is 0 Å². The highest BCUT2D eigenvalue weighted by molar-refractivity contribution is 6.35. The van der Waals surface area contributed by atoms with Crippen molar-refractivity contribution in [2.45, 2.75) is 6.92 Å². The number of rotatable bonds is 1. The zero-order valence-corrected chi connectivity index (χ0v) is 7.59. The molecule has 1 rings (SSSR count). The molecule has 0 saturated carbocycles. The predicted molar refractivity (Wildman–Crippen MR) is 49.2 cm³/mol. The fourth-order valence-corrected chi connectivity index (χ4v) is 1.19. The molecular formula is C8H8ClNO3. The topological polar surface area (TPSA) is 83.6 Å². The number of carboxylic acids is 1. The van der Waals surface area contributed by atoms with Crippen molar-refractivity contribution in [2.75, 3.05) is 5.73 Å². The van der Waals surface area contributed by atoms with Crippen molar-refractivity contribution < 1.29 is 15.0 Å². The Kier molecular flexibility index (Phi) is 2.34. The second-order valence-electron chi connectivity index (χ2n) is 2.61. The Bertz CT molecular complexity index is 376. The Hall–Kier alpha value is -1.42. The summed E-state index contributed by atoms with van der Waals surface area (Å²) in [6.07, 6.45) is 0. The van der Waals surface area contributed by atoms with Crippen LogP contribution in [0.4, 0.5) is 5.69 Å². The smallest absolute Gasteiger partial charge is 0.337 e. The molecule has 13 heavy (non-hydrogen) atoms. The average molecular weight is 202 g/mol. The van der Waals surface area contributed by atoms with Crippen LogP contribution in [0.1, 0.15) is 15.9 Å². The normalized spacial score (nSPS) is 10.0. The van der Waals surface area contributed by atoms with Crippen molar-refractivity contribution in [3.05, 3.63) is 22.2 Å². The lowest BCUT2D eigenvalue weighted by Gasteiger charge is -2.07. The average Bonchev–Trinajstić information content (AvgIpc) is 2.07. The van der Waals surface area contributed by atoms with E-state index in [-0.39, 0.29) is 22.0 Å². The first-order chi connectivity index (χ1) is 5.95. The zero-order chi connectivity index (χ0) is 10.2. The van der Waals surface area contributed by atoms with Gasteiger partial charge in [0.15, 0.2) is 0 Å². The van der Waals surface area contributed by atoms with E-state index in [1.165, 1.54) is 6.07 Å². The molecule has 70 valence electrons. The van der Waals surface area contributed by atoms with E-state index in [1.54, 1.807) is 6.92 Å². The van der Waals surface area contributed by atoms with E-state index in [2.05, 4.69) is 0 Å². The number of carboxylic acid groups (broad SMARTS) is 1. The van der Waals surface area contributed by atoms with Crippen LogP contribution in [0.15, 0.2) is 6.07 Å². The van der Waals surface area contributed by atoms with Crippen LogP contribution in [-0.2, 0) is 0 Å². The standard InChI is InChI=1S/C8H8ClNO3/c1-3-5(10)2-4(8(12)13)6(9)7(3)11/h2,11H,10H2,1H3,(H,12,13). The molecule has 0 amide bonds. The van der Waals surface area contributed by atoms with Crippen LogP contribution in [0.25, 0.3) is 0 Å². The molecular weight excluding hydrogens is 194 g/mol. The summed E-state index contributed by atoms with van der Waals surface area (Å²) < 4.78 is 0. The maximum atomic E-state index is 10.6. The van der Waals surface area contributed by atoms with E-state index in [0.717, 1.165) is 0 Å². The fraction of sp³-hybridized carbons (Fsp3) is 0.125. The van der Waals surface area contributed by atoms with Gasteiger partial charge in [0.05, 0.1) is 10.6 Å². The van der Waals surface area contributed by atoms with Gasteiger partial charge in [-0.2, -0.15) is 0 Å². The minimum Gasteiger partial charge on any atom is -0.506 e. The SMILES string of the molecule is Cc1c(N)cc(C(=O)O)c(Cl)c1O. The summed E-state index contributed by atoms with van der Waals surface area (Å²) in [5.74, 6) is -1.49. The van der Waals surface area contributed by atoms with Gasteiger partial charge in [-0.25, -0.2) is 4.79 Å². The number of nitrogens with two attached hydrogens (primary N) is 1. The fourth-order valence-electron chi connectivity index (χ4n) is 0.912. The molecule has 0 aliphatic rings. The number of aromatic hydroxyl groups is 1. The van der Waals surface area contributed by atoms with Crippen LogP contribution < -0.4 is 5.73 Å². The summed E-state index contributed by atoms with van der Waals surface area (Å²) in [6, 6.07) is 1.22. The number of phenolic OH excluding ortho intramolecular Hbond substituents is 1. The number of carbonyl (C=O) groups is 1. The van der Waals surface area contributed by atoms with E-state index in [0.29, 0.717) is 5.56 Å². The summed E-state index contributed by atoms with van der Waals surface area (Å²) in [5.41, 5.74) is 5.85. The maximum absolute atomic E-state index is 10.6. The number of aromatic carboxylic acids is 1. The third kappa shape index (κ3) is 1.53. The van der Waals surface area contributed by atoms with Gasteiger partial charge in [0.25, 0.3) is 0 Å². The number of anilines is 1. The van der Waals surface area contributed by atoms with Crippen LogP contribution >= 0.6 is 11.6 Å². The van der Waals surface area contributed by atoms with Gasteiger partial charge in [-0.1, -0.05) is 11.6 Å². The van der Waals surface area contributed by atoms with Crippen molar-refractivity contribution in [2.24, 2.45) is 0 Å². The Morgan fingerprint density at radius 1 is 1.62 bits per heavy atom. The largest absolute Gasteiger partial charge is 0.506 e. The van der Waals surface area contributed by atoms with Crippen molar-refractivity contribution >= 4 is 23.3 Å². The van der Waals surface area contributed by atoms with Gasteiger partial charge in [0.1, 0.15) is 5.75 Å². The van der Waals surface area contributed by atoms with Crippen molar-refractivity contribution in [1.82, 2.24) is 0 Å². The minimum atomic E-state index is -1.22. The van der Waals surface area contributed by atoms with Crippen molar-refractivity contribution in [3.8, 4) is 5.75 Å². The summed E-state index contributed by atoms with van der Waals surface area (Å²) in [4.78, 5) is 10.6. The van der Waals surface area contributed by atoms with Gasteiger partial charge in [0.2, 0.25) is 0 Å². The van der Waals surface area contributed by atoms with E-state index in [9.17, 15) is 9.90 Å². The highest BCUT2D eigenvalue weighted by Gasteiger charge is 2.16. The van der Waals surface area contributed by atoms with Crippen LogP contribution in [-0.4, -0.2) is 16.2 Å². The van der Waals surface area contributed by atoms with Crippen LogP contribution in [0.5, 0.6) is 5.75 Å². The van der Waals surface area contributed by atoms with Gasteiger partial charge < -0.3 is 15.9 Å². The molecule has 0 radical (unpaired) electrons. The third-order valence-electron chi connectivity index (χ3n) is 1.76. The third-order valence-corrected chi connectivity index (χ3v) is 2.15. The number of halogens is 1. The molecule has 0 heterocycles. The first-order valence-corrected chi connectivity index (χ1v) is 3.83. The maximum Gasteiger partial charge on any atom is 0.337 e. The van der Waals surface area contributed by atoms with Gasteiger partial charge in [-0.05, 0) is 13.0 Å². The monoisotopic (exact) mass is 201 g/mol. The molecule has 0 unspecified atom stereocenters. The number of nitrogen functional groups attached to an aromatic ring is 1. The molecule has 0 fully saturated rings. The molecule has 4 nitrogen and oxygen atoms in total. The first-order valence-electron chi connectivity index (χ1n) is 3.46. The lowest BCUT2D eigenvalue weighted by Crippen LogP contribution is -2.01. The van der Waals surface area contributed by atoms with Crippen LogP contribution in [0.3, 0.4) is 0 Å². The number of hydrogen-bond donors (Lipinski definition) is 3. The Labute approximate surface area is 79.6 Å². The van der Waals surface area contributed by atoms with Crippen LogP contribution in [0.2, 0.25) is 5.02 Å². The molecule has 4 N–H and O–H groups in total. The van der Waals surface area contributed by atoms with Gasteiger partial charge in [-0.15, -0.1) is 0 Å². The lowest BCUT2D eigenvalue weighted by molar-refractivity contribution is 0.0696. The second kappa shape index (κ2) is 3.14. The molecule has 0 spiro atoms. The molecule has 1 aromatic carbocycles.